The highest BCUT2D eigenvalue weighted by molar-refractivity contribution is 5.94. The van der Waals surface area contributed by atoms with Crippen LogP contribution in [0, 0.1) is 34.6 Å². The first-order valence-corrected chi connectivity index (χ1v) is 13.9. The SMILES string of the molecule is COC(=O)c1cc2c(cc1F)nc(Cc1cc(F)c(-c3cccc(OCc4ccc(C#N)cc4F)n3)cc1F)n2C[C@@H]1CCO1. The Morgan fingerprint density at radius 3 is 2.51 bits per heavy atom. The molecule has 3 aromatic carbocycles. The van der Waals surface area contributed by atoms with Crippen molar-refractivity contribution in [1.82, 2.24) is 14.5 Å². The van der Waals surface area contributed by atoms with E-state index in [4.69, 9.17) is 14.7 Å². The Hall–Kier alpha value is -5.28. The van der Waals surface area contributed by atoms with Crippen LogP contribution in [0.2, 0.25) is 0 Å². The number of pyridine rings is 1. The highest BCUT2D eigenvalue weighted by Crippen LogP contribution is 2.30. The molecular formula is C33H24F4N4O4. The molecule has 12 heteroatoms. The van der Waals surface area contributed by atoms with E-state index < -0.39 is 29.2 Å². The van der Waals surface area contributed by atoms with Crippen molar-refractivity contribution < 1.29 is 36.6 Å². The second kappa shape index (κ2) is 12.4. The van der Waals surface area contributed by atoms with Crippen LogP contribution in [0.3, 0.4) is 0 Å². The number of carbonyl (C=O) groups excluding carboxylic acids is 1. The number of aromatic nitrogens is 3. The lowest BCUT2D eigenvalue weighted by Gasteiger charge is -2.27. The lowest BCUT2D eigenvalue weighted by atomic mass is 10.0. The van der Waals surface area contributed by atoms with E-state index in [9.17, 15) is 13.6 Å². The van der Waals surface area contributed by atoms with Gasteiger partial charge < -0.3 is 18.8 Å². The molecule has 2 aromatic heterocycles. The molecule has 1 atom stereocenters. The molecule has 8 nitrogen and oxygen atoms in total. The van der Waals surface area contributed by atoms with Crippen LogP contribution in [-0.2, 0) is 29.0 Å². The van der Waals surface area contributed by atoms with Gasteiger partial charge in [0.2, 0.25) is 5.88 Å². The summed E-state index contributed by atoms with van der Waals surface area (Å²) in [5, 5.41) is 8.91. The standard InChI is InChI=1S/C33H24F4N4O4/c1-43-33(42)23-13-30-29(14-27(23)37)39-31(41(30)16-21-7-8-44-21)11-20-10-26(36)22(12-25(20)35)28-3-2-4-32(40-28)45-17-19-6-5-18(15-38)9-24(19)34/h2-6,9-10,12-14,21H,7-8,11,16-17H2,1H3/t21-/m0/s1. The summed E-state index contributed by atoms with van der Waals surface area (Å²) in [5.74, 6) is -3.36. The molecule has 0 radical (unpaired) electrons. The summed E-state index contributed by atoms with van der Waals surface area (Å²) in [4.78, 5) is 20.9. The Bertz CT molecular complexity index is 1980. The van der Waals surface area contributed by atoms with Crippen molar-refractivity contribution in [2.24, 2.45) is 0 Å². The third-order valence-corrected chi connectivity index (χ3v) is 7.54. The van der Waals surface area contributed by atoms with Crippen molar-refractivity contribution in [3.8, 4) is 23.2 Å². The monoisotopic (exact) mass is 616 g/mol. The van der Waals surface area contributed by atoms with E-state index in [0.717, 1.165) is 37.8 Å². The molecule has 1 aliphatic rings. The van der Waals surface area contributed by atoms with Crippen LogP contribution < -0.4 is 4.74 Å². The van der Waals surface area contributed by atoms with Crippen molar-refractivity contribution in [2.45, 2.75) is 32.1 Å². The van der Waals surface area contributed by atoms with Gasteiger partial charge >= 0.3 is 5.97 Å². The fraction of sp³-hybridized carbons (Fsp3) is 0.212. The first kappa shape index (κ1) is 29.8. The lowest BCUT2D eigenvalue weighted by molar-refractivity contribution is -0.0589. The number of benzene rings is 3. The molecule has 1 saturated heterocycles. The van der Waals surface area contributed by atoms with E-state index in [-0.39, 0.29) is 64.0 Å². The number of esters is 1. The molecule has 1 fully saturated rings. The van der Waals surface area contributed by atoms with Crippen LogP contribution in [0.4, 0.5) is 17.6 Å². The van der Waals surface area contributed by atoms with E-state index in [0.29, 0.717) is 24.5 Å². The van der Waals surface area contributed by atoms with E-state index in [1.54, 1.807) is 10.6 Å². The van der Waals surface area contributed by atoms with Gasteiger partial charge in [-0.2, -0.15) is 5.26 Å². The summed E-state index contributed by atoms with van der Waals surface area (Å²) in [6, 6.07) is 14.9. The third kappa shape index (κ3) is 6.07. The molecule has 0 saturated carbocycles. The number of ether oxygens (including phenoxy) is 3. The molecule has 1 aliphatic heterocycles. The minimum atomic E-state index is -0.850. The summed E-state index contributed by atoms with van der Waals surface area (Å²) < 4.78 is 77.4. The van der Waals surface area contributed by atoms with Gasteiger partial charge in [0, 0.05) is 36.3 Å². The van der Waals surface area contributed by atoms with Gasteiger partial charge in [-0.1, -0.05) is 12.1 Å². The van der Waals surface area contributed by atoms with Gasteiger partial charge in [-0.3, -0.25) is 0 Å². The molecule has 0 amide bonds. The molecule has 6 rings (SSSR count). The van der Waals surface area contributed by atoms with Crippen LogP contribution in [0.25, 0.3) is 22.3 Å². The Balaban J connectivity index is 1.28. The molecule has 0 N–H and O–H groups in total. The second-order valence-electron chi connectivity index (χ2n) is 10.4. The van der Waals surface area contributed by atoms with Gasteiger partial charge in [-0.05, 0) is 48.4 Å². The maximum absolute atomic E-state index is 15.5. The van der Waals surface area contributed by atoms with E-state index >= 15 is 8.78 Å². The molecular weight excluding hydrogens is 592 g/mol. The predicted molar refractivity (Wildman–Crippen MR) is 153 cm³/mol. The summed E-state index contributed by atoms with van der Waals surface area (Å²) in [7, 11) is 1.15. The first-order valence-electron chi connectivity index (χ1n) is 13.9. The maximum Gasteiger partial charge on any atom is 0.340 e. The fourth-order valence-corrected chi connectivity index (χ4v) is 5.05. The van der Waals surface area contributed by atoms with Crippen molar-refractivity contribution in [3.63, 3.8) is 0 Å². The number of nitriles is 1. The van der Waals surface area contributed by atoms with Crippen LogP contribution in [0.15, 0.2) is 60.7 Å². The number of imidazole rings is 1. The normalized spacial score (nSPS) is 14.2. The first-order chi connectivity index (χ1) is 21.7. The number of hydrogen-bond donors (Lipinski definition) is 0. The molecule has 0 aliphatic carbocycles. The summed E-state index contributed by atoms with van der Waals surface area (Å²) in [5.41, 5.74) is 0.749. The largest absolute Gasteiger partial charge is 0.473 e. The van der Waals surface area contributed by atoms with Gasteiger partial charge in [0.25, 0.3) is 0 Å². The minimum absolute atomic E-state index is 0.000284. The maximum atomic E-state index is 15.5. The summed E-state index contributed by atoms with van der Waals surface area (Å²) in [6.45, 7) is 0.716. The van der Waals surface area contributed by atoms with Crippen LogP contribution in [-0.4, -0.2) is 40.3 Å². The number of rotatable bonds is 9. The third-order valence-electron chi connectivity index (χ3n) is 7.54. The minimum Gasteiger partial charge on any atom is -0.473 e. The van der Waals surface area contributed by atoms with Gasteiger partial charge in [0.05, 0.1) is 53.7 Å². The zero-order valence-electron chi connectivity index (χ0n) is 23.8. The van der Waals surface area contributed by atoms with Gasteiger partial charge in [0.15, 0.2) is 0 Å². The Labute approximate surface area is 254 Å². The molecule has 45 heavy (non-hydrogen) atoms. The van der Waals surface area contributed by atoms with Gasteiger partial charge in [0.1, 0.15) is 35.7 Å². The van der Waals surface area contributed by atoms with E-state index in [1.165, 1.54) is 30.3 Å². The number of fused-ring (bicyclic) bond motifs is 1. The number of halogens is 4. The van der Waals surface area contributed by atoms with Gasteiger partial charge in [-0.25, -0.2) is 32.3 Å². The van der Waals surface area contributed by atoms with Crippen molar-refractivity contribution in [2.75, 3.05) is 13.7 Å². The lowest BCUT2D eigenvalue weighted by Crippen LogP contribution is -2.31. The highest BCUT2D eigenvalue weighted by atomic mass is 19.1. The predicted octanol–water partition coefficient (Wildman–Crippen LogP) is 6.27. The molecule has 228 valence electrons. The second-order valence-corrected chi connectivity index (χ2v) is 10.4. The molecule has 3 heterocycles. The zero-order valence-corrected chi connectivity index (χ0v) is 23.8. The molecule has 0 unspecified atom stereocenters. The highest BCUT2D eigenvalue weighted by Gasteiger charge is 2.25. The van der Waals surface area contributed by atoms with Crippen LogP contribution in [0.1, 0.15) is 39.3 Å². The van der Waals surface area contributed by atoms with Gasteiger partial charge in [-0.15, -0.1) is 0 Å². The Kier molecular flexibility index (Phi) is 8.19. The topological polar surface area (TPSA) is 99.3 Å². The quantitative estimate of drug-likeness (QED) is 0.142. The number of nitrogens with zero attached hydrogens (tertiary/aromatic N) is 4. The van der Waals surface area contributed by atoms with Crippen molar-refractivity contribution >= 4 is 17.0 Å². The molecule has 5 aromatic rings. The summed E-state index contributed by atoms with van der Waals surface area (Å²) >= 11 is 0. The van der Waals surface area contributed by atoms with E-state index in [2.05, 4.69) is 14.7 Å². The summed E-state index contributed by atoms with van der Waals surface area (Å²) in [6.07, 6.45) is 0.498. The fourth-order valence-electron chi connectivity index (χ4n) is 5.05. The van der Waals surface area contributed by atoms with E-state index in [1.807, 2.05) is 6.07 Å². The number of methoxy groups -OCH3 is 1. The van der Waals surface area contributed by atoms with Crippen LogP contribution >= 0.6 is 0 Å². The smallest absolute Gasteiger partial charge is 0.340 e. The van der Waals surface area contributed by atoms with Crippen molar-refractivity contribution in [3.05, 3.63) is 112 Å². The van der Waals surface area contributed by atoms with Crippen LogP contribution in [0.5, 0.6) is 5.88 Å². The van der Waals surface area contributed by atoms with Crippen molar-refractivity contribution in [1.29, 1.82) is 5.26 Å². The zero-order chi connectivity index (χ0) is 31.7. The average Bonchev–Trinajstić information content (AvgIpc) is 3.34. The average molecular weight is 617 g/mol. The Morgan fingerprint density at radius 1 is 1.00 bits per heavy atom. The number of hydrogen-bond acceptors (Lipinski definition) is 7. The molecule has 0 bridgehead atoms. The Morgan fingerprint density at radius 2 is 1.80 bits per heavy atom. The molecule has 0 spiro atoms. The number of carbonyl (C=O) groups is 1.